The minimum absolute atomic E-state index is 0.00393. The van der Waals surface area contributed by atoms with Crippen LogP contribution in [0.25, 0.3) is 10.2 Å². The van der Waals surface area contributed by atoms with Gasteiger partial charge in [0.1, 0.15) is 10.7 Å². The number of aromatic nitrogens is 2. The summed E-state index contributed by atoms with van der Waals surface area (Å²) in [6.07, 6.45) is 3.22. The average molecular weight is 446 g/mol. The first-order valence-corrected chi connectivity index (χ1v) is 11.1. The van der Waals surface area contributed by atoms with Gasteiger partial charge < -0.3 is 10.3 Å². The molecule has 3 unspecified atom stereocenters. The number of aryl methyl sites for hydroxylation is 1. The van der Waals surface area contributed by atoms with E-state index in [1.807, 2.05) is 25.1 Å². The third-order valence-corrected chi connectivity index (χ3v) is 7.34. The molecule has 2 N–H and O–H groups in total. The maximum Gasteiger partial charge on any atom is 0.259 e. The maximum atomic E-state index is 12.8. The number of fused-ring (bicyclic) bond motifs is 3. The molecule has 4 rings (SSSR count). The molecule has 3 aromatic rings. The van der Waals surface area contributed by atoms with Crippen molar-refractivity contribution in [1.29, 1.82) is 0 Å². The highest BCUT2D eigenvalue weighted by Gasteiger charge is 2.24. The fourth-order valence-corrected chi connectivity index (χ4v) is 5.96. The van der Waals surface area contributed by atoms with Crippen LogP contribution in [-0.4, -0.2) is 9.97 Å². The van der Waals surface area contributed by atoms with E-state index in [0.29, 0.717) is 11.7 Å². The van der Waals surface area contributed by atoms with E-state index in [-0.39, 0.29) is 17.6 Å². The van der Waals surface area contributed by atoms with Gasteiger partial charge in [-0.2, -0.15) is 0 Å². The number of nitrogens with one attached hydrogen (secondary N) is 2. The summed E-state index contributed by atoms with van der Waals surface area (Å²) in [4.78, 5) is 22.9. The number of thiophene rings is 1. The maximum absolute atomic E-state index is 12.8. The second kappa shape index (κ2) is 7.49. The Balaban J connectivity index is 1.64. The van der Waals surface area contributed by atoms with E-state index in [1.165, 1.54) is 16.0 Å². The zero-order chi connectivity index (χ0) is 19.1. The molecule has 0 amide bonds. The lowest BCUT2D eigenvalue weighted by atomic mass is 9.89. The molecule has 0 fully saturated rings. The van der Waals surface area contributed by atoms with Gasteiger partial charge >= 0.3 is 0 Å². The number of hydrogen-bond donors (Lipinski definition) is 2. The third-order valence-electron chi connectivity index (χ3n) is 5.47. The molecular formula is C21H24BrN3OS. The second-order valence-corrected chi connectivity index (χ2v) is 9.55. The molecule has 0 bridgehead atoms. The van der Waals surface area contributed by atoms with Crippen molar-refractivity contribution in [2.24, 2.45) is 5.92 Å². The molecule has 6 heteroatoms. The predicted molar refractivity (Wildman–Crippen MR) is 116 cm³/mol. The van der Waals surface area contributed by atoms with E-state index < -0.39 is 0 Å². The summed E-state index contributed by atoms with van der Waals surface area (Å²) in [6, 6.07) is 8.27. The summed E-state index contributed by atoms with van der Waals surface area (Å²) >= 11 is 5.31. The molecule has 27 heavy (non-hydrogen) atoms. The van der Waals surface area contributed by atoms with Gasteiger partial charge in [-0.1, -0.05) is 41.1 Å². The van der Waals surface area contributed by atoms with E-state index in [2.05, 4.69) is 46.1 Å². The predicted octanol–water partition coefficient (Wildman–Crippen LogP) is 5.28. The minimum Gasteiger partial charge on any atom is -0.309 e. The molecule has 4 nitrogen and oxygen atoms in total. The summed E-state index contributed by atoms with van der Waals surface area (Å²) in [5, 5.41) is 4.37. The number of rotatable bonds is 4. The van der Waals surface area contributed by atoms with Crippen LogP contribution >= 0.6 is 27.3 Å². The standard InChI is InChI=1S/C21H24BrN3OS/c1-11-8-9-15-17(10-11)27-21-18(15)20(26)24-19(25-21)13(3)23-12(2)14-6-4-5-7-16(14)22/h4-7,11-13,23H,8-10H2,1-3H3,(H,24,25,26). The highest BCUT2D eigenvalue weighted by atomic mass is 79.9. The minimum atomic E-state index is -0.0535. The molecule has 3 atom stereocenters. The highest BCUT2D eigenvalue weighted by Crippen LogP contribution is 2.36. The lowest BCUT2D eigenvalue weighted by Gasteiger charge is -2.21. The summed E-state index contributed by atoms with van der Waals surface area (Å²) in [7, 11) is 0. The van der Waals surface area contributed by atoms with Gasteiger partial charge in [0.2, 0.25) is 0 Å². The van der Waals surface area contributed by atoms with Gasteiger partial charge in [0.25, 0.3) is 5.56 Å². The van der Waals surface area contributed by atoms with E-state index in [9.17, 15) is 4.79 Å². The van der Waals surface area contributed by atoms with Gasteiger partial charge in [0, 0.05) is 15.4 Å². The van der Waals surface area contributed by atoms with Crippen LogP contribution in [-0.2, 0) is 12.8 Å². The molecule has 0 saturated heterocycles. The van der Waals surface area contributed by atoms with Crippen LogP contribution in [0.3, 0.4) is 0 Å². The van der Waals surface area contributed by atoms with Crippen LogP contribution in [0.4, 0.5) is 0 Å². The first-order chi connectivity index (χ1) is 12.9. The normalized spacial score (nSPS) is 19.0. The number of halogens is 1. The molecule has 1 aromatic carbocycles. The zero-order valence-corrected chi connectivity index (χ0v) is 18.2. The van der Waals surface area contributed by atoms with Crippen molar-refractivity contribution in [2.45, 2.75) is 52.1 Å². The lowest BCUT2D eigenvalue weighted by Crippen LogP contribution is -2.26. The van der Waals surface area contributed by atoms with Crippen LogP contribution in [0.2, 0.25) is 0 Å². The van der Waals surface area contributed by atoms with Crippen molar-refractivity contribution in [1.82, 2.24) is 15.3 Å². The number of benzene rings is 1. The first kappa shape index (κ1) is 18.8. The Bertz CT molecular complexity index is 1040. The number of H-pyrrole nitrogens is 1. The SMILES string of the molecule is CC1CCc2c(sc3nc(C(C)NC(C)c4ccccc4Br)[nH]c(=O)c23)C1. The van der Waals surface area contributed by atoms with E-state index in [4.69, 9.17) is 4.98 Å². The van der Waals surface area contributed by atoms with Crippen LogP contribution in [0.1, 0.15) is 61.1 Å². The Morgan fingerprint density at radius 1 is 1.30 bits per heavy atom. The fourth-order valence-electron chi connectivity index (χ4n) is 3.94. The summed E-state index contributed by atoms with van der Waals surface area (Å²) in [5.74, 6) is 1.40. The van der Waals surface area contributed by atoms with Gasteiger partial charge in [0.05, 0.1) is 11.4 Å². The molecular weight excluding hydrogens is 422 g/mol. The largest absolute Gasteiger partial charge is 0.309 e. The number of nitrogens with zero attached hydrogens (tertiary/aromatic N) is 1. The van der Waals surface area contributed by atoms with Gasteiger partial charge in [-0.3, -0.25) is 4.79 Å². The molecule has 0 aliphatic heterocycles. The number of hydrogen-bond acceptors (Lipinski definition) is 4. The fraction of sp³-hybridized carbons (Fsp3) is 0.429. The van der Waals surface area contributed by atoms with Crippen LogP contribution in [0, 0.1) is 5.92 Å². The molecule has 2 heterocycles. The van der Waals surface area contributed by atoms with Crippen LogP contribution < -0.4 is 10.9 Å². The Hall–Kier alpha value is -1.50. The van der Waals surface area contributed by atoms with Gasteiger partial charge in [-0.25, -0.2) is 4.98 Å². The van der Waals surface area contributed by atoms with Gasteiger partial charge in [-0.15, -0.1) is 11.3 Å². The molecule has 0 radical (unpaired) electrons. The van der Waals surface area contributed by atoms with Crippen LogP contribution in [0.5, 0.6) is 0 Å². The van der Waals surface area contributed by atoms with E-state index >= 15 is 0 Å². The summed E-state index contributed by atoms with van der Waals surface area (Å²) in [5.41, 5.74) is 2.42. The average Bonchev–Trinajstić information content (AvgIpc) is 2.99. The number of aromatic amines is 1. The van der Waals surface area contributed by atoms with Crippen molar-refractivity contribution >= 4 is 37.5 Å². The van der Waals surface area contributed by atoms with Gasteiger partial charge in [-0.05, 0) is 56.2 Å². The molecule has 1 aliphatic carbocycles. The Labute approximate surface area is 171 Å². The molecule has 2 aromatic heterocycles. The molecule has 0 saturated carbocycles. The second-order valence-electron chi connectivity index (χ2n) is 7.61. The summed E-state index contributed by atoms with van der Waals surface area (Å²) in [6.45, 7) is 6.46. The molecule has 142 valence electrons. The van der Waals surface area contributed by atoms with Crippen molar-refractivity contribution in [2.75, 3.05) is 0 Å². The molecule has 0 spiro atoms. The smallest absolute Gasteiger partial charge is 0.259 e. The lowest BCUT2D eigenvalue weighted by molar-refractivity contribution is 0.476. The summed E-state index contributed by atoms with van der Waals surface area (Å²) < 4.78 is 1.08. The topological polar surface area (TPSA) is 57.8 Å². The quantitative estimate of drug-likeness (QED) is 0.573. The molecule has 1 aliphatic rings. The van der Waals surface area contributed by atoms with Crippen molar-refractivity contribution in [3.63, 3.8) is 0 Å². The van der Waals surface area contributed by atoms with Crippen molar-refractivity contribution in [3.05, 3.63) is 60.9 Å². The van der Waals surface area contributed by atoms with E-state index in [1.54, 1.807) is 11.3 Å². The van der Waals surface area contributed by atoms with Crippen molar-refractivity contribution < 1.29 is 0 Å². The van der Waals surface area contributed by atoms with Crippen molar-refractivity contribution in [3.8, 4) is 0 Å². The highest BCUT2D eigenvalue weighted by molar-refractivity contribution is 9.10. The van der Waals surface area contributed by atoms with E-state index in [0.717, 1.165) is 34.0 Å². The van der Waals surface area contributed by atoms with Gasteiger partial charge in [0.15, 0.2) is 0 Å². The monoisotopic (exact) mass is 445 g/mol. The zero-order valence-electron chi connectivity index (χ0n) is 15.8. The first-order valence-electron chi connectivity index (χ1n) is 9.49. The Kier molecular flexibility index (Phi) is 5.23. The van der Waals surface area contributed by atoms with Crippen LogP contribution in [0.15, 0.2) is 33.5 Å². The Morgan fingerprint density at radius 3 is 2.85 bits per heavy atom. The Morgan fingerprint density at radius 2 is 2.07 bits per heavy atom. The third kappa shape index (κ3) is 3.62.